The van der Waals surface area contributed by atoms with E-state index in [-0.39, 0.29) is 0 Å². The van der Waals surface area contributed by atoms with Crippen molar-refractivity contribution >= 4 is 16.6 Å². The number of nitriles is 1. The largest absolute Gasteiger partial charge is 0.494 e. The van der Waals surface area contributed by atoms with Crippen molar-refractivity contribution in [1.29, 1.82) is 5.26 Å². The van der Waals surface area contributed by atoms with Gasteiger partial charge in [0.05, 0.1) is 17.7 Å². The number of hydrogen-bond acceptors (Lipinski definition) is 2. The maximum Gasteiger partial charge on any atom is 0.119 e. The van der Waals surface area contributed by atoms with Crippen LogP contribution >= 0.6 is 11.6 Å². The van der Waals surface area contributed by atoms with Crippen LogP contribution in [0.1, 0.15) is 12.5 Å². The molecule has 1 aromatic carbocycles. The minimum Gasteiger partial charge on any atom is -0.494 e. The SMILES string of the molecule is CCOc1cccc(C(Cl)=CC#N)c1. The molecule has 0 atom stereocenters. The van der Waals surface area contributed by atoms with Crippen LogP contribution in [0.3, 0.4) is 0 Å². The van der Waals surface area contributed by atoms with Gasteiger partial charge in [-0.15, -0.1) is 0 Å². The van der Waals surface area contributed by atoms with Gasteiger partial charge >= 0.3 is 0 Å². The smallest absolute Gasteiger partial charge is 0.119 e. The van der Waals surface area contributed by atoms with Gasteiger partial charge in [-0.25, -0.2) is 0 Å². The van der Waals surface area contributed by atoms with Crippen molar-refractivity contribution in [3.8, 4) is 11.8 Å². The zero-order valence-electron chi connectivity index (χ0n) is 7.83. The molecule has 0 unspecified atom stereocenters. The van der Waals surface area contributed by atoms with E-state index in [1.165, 1.54) is 6.08 Å². The molecular formula is C11H10ClNO. The fourth-order valence-corrected chi connectivity index (χ4v) is 1.21. The van der Waals surface area contributed by atoms with Gasteiger partial charge < -0.3 is 4.74 Å². The van der Waals surface area contributed by atoms with Gasteiger partial charge in [0.15, 0.2) is 0 Å². The molecule has 0 aliphatic carbocycles. The second-order valence-corrected chi connectivity index (χ2v) is 2.99. The van der Waals surface area contributed by atoms with E-state index in [0.29, 0.717) is 11.6 Å². The molecule has 0 aromatic heterocycles. The zero-order valence-corrected chi connectivity index (χ0v) is 8.58. The van der Waals surface area contributed by atoms with Crippen LogP contribution in [0.25, 0.3) is 5.03 Å². The lowest BCUT2D eigenvalue weighted by Crippen LogP contribution is -1.91. The highest BCUT2D eigenvalue weighted by Crippen LogP contribution is 2.22. The van der Waals surface area contributed by atoms with E-state index in [0.717, 1.165) is 11.3 Å². The highest BCUT2D eigenvalue weighted by atomic mass is 35.5. The minimum absolute atomic E-state index is 0.425. The summed E-state index contributed by atoms with van der Waals surface area (Å²) in [5.74, 6) is 0.759. The molecule has 0 heterocycles. The number of allylic oxidation sites excluding steroid dienone is 1. The molecule has 0 N–H and O–H groups in total. The second kappa shape index (κ2) is 5.31. The summed E-state index contributed by atoms with van der Waals surface area (Å²) >= 11 is 5.86. The first-order valence-corrected chi connectivity index (χ1v) is 4.64. The molecule has 2 nitrogen and oxygen atoms in total. The number of nitrogens with zero attached hydrogens (tertiary/aromatic N) is 1. The summed E-state index contributed by atoms with van der Waals surface area (Å²) in [4.78, 5) is 0. The van der Waals surface area contributed by atoms with Crippen molar-refractivity contribution in [2.45, 2.75) is 6.92 Å². The predicted octanol–water partition coefficient (Wildman–Crippen LogP) is 3.19. The first-order valence-electron chi connectivity index (χ1n) is 4.26. The highest BCUT2D eigenvalue weighted by Gasteiger charge is 1.99. The Bertz CT molecular complexity index is 379. The molecule has 0 saturated carbocycles. The van der Waals surface area contributed by atoms with Gasteiger partial charge in [0.2, 0.25) is 0 Å². The summed E-state index contributed by atoms with van der Waals surface area (Å²) in [5.41, 5.74) is 0.791. The van der Waals surface area contributed by atoms with Gasteiger partial charge in [0, 0.05) is 6.08 Å². The van der Waals surface area contributed by atoms with Crippen LogP contribution in [0.5, 0.6) is 5.75 Å². The van der Waals surface area contributed by atoms with Gasteiger partial charge in [-0.05, 0) is 24.6 Å². The molecule has 0 aliphatic rings. The summed E-state index contributed by atoms with van der Waals surface area (Å²) in [5, 5.41) is 8.85. The first-order chi connectivity index (χ1) is 6.77. The van der Waals surface area contributed by atoms with Crippen molar-refractivity contribution in [3.63, 3.8) is 0 Å². The number of rotatable bonds is 3. The van der Waals surface area contributed by atoms with Crippen molar-refractivity contribution in [3.05, 3.63) is 35.9 Å². The molecule has 0 saturated heterocycles. The Labute approximate surface area is 88.4 Å². The molecule has 14 heavy (non-hydrogen) atoms. The fourth-order valence-electron chi connectivity index (χ4n) is 1.04. The first kappa shape index (κ1) is 10.6. The molecule has 0 fully saturated rings. The number of ether oxygens (including phenoxy) is 1. The average Bonchev–Trinajstić information content (AvgIpc) is 2.19. The van der Waals surface area contributed by atoms with Crippen LogP contribution in [0, 0.1) is 11.3 Å². The molecule has 72 valence electrons. The lowest BCUT2D eigenvalue weighted by molar-refractivity contribution is 0.340. The predicted molar refractivity (Wildman–Crippen MR) is 57.1 cm³/mol. The van der Waals surface area contributed by atoms with E-state index in [9.17, 15) is 0 Å². The van der Waals surface area contributed by atoms with E-state index in [2.05, 4.69) is 0 Å². The summed E-state index contributed by atoms with van der Waals surface area (Å²) in [7, 11) is 0. The Kier molecular flexibility index (Phi) is 4.03. The Morgan fingerprint density at radius 3 is 3.07 bits per heavy atom. The normalized spacial score (nSPS) is 10.8. The van der Waals surface area contributed by atoms with Crippen molar-refractivity contribution < 1.29 is 4.74 Å². The van der Waals surface area contributed by atoms with Crippen LogP contribution in [-0.2, 0) is 0 Å². The number of halogens is 1. The maximum absolute atomic E-state index is 8.43. The lowest BCUT2D eigenvalue weighted by Gasteiger charge is -2.04. The van der Waals surface area contributed by atoms with E-state index < -0.39 is 0 Å². The summed E-state index contributed by atoms with van der Waals surface area (Å²) in [6.45, 7) is 2.53. The molecule has 1 rings (SSSR count). The molecule has 0 spiro atoms. The van der Waals surface area contributed by atoms with Crippen LogP contribution in [0.4, 0.5) is 0 Å². The quantitative estimate of drug-likeness (QED) is 0.714. The van der Waals surface area contributed by atoms with E-state index in [1.807, 2.05) is 31.2 Å². The molecule has 0 aliphatic heterocycles. The summed E-state index contributed by atoms with van der Waals surface area (Å²) in [6, 6.07) is 9.21. The molecule has 0 bridgehead atoms. The van der Waals surface area contributed by atoms with Crippen molar-refractivity contribution in [2.24, 2.45) is 0 Å². The highest BCUT2D eigenvalue weighted by molar-refractivity contribution is 6.49. The molecule has 1 aromatic rings. The molecule has 0 radical (unpaired) electrons. The van der Waals surface area contributed by atoms with Crippen molar-refractivity contribution in [2.75, 3.05) is 6.61 Å². The molecule has 3 heteroatoms. The van der Waals surface area contributed by atoms with Crippen LogP contribution in [0.2, 0.25) is 0 Å². The van der Waals surface area contributed by atoms with Crippen LogP contribution < -0.4 is 4.74 Å². The summed E-state index contributed by atoms with van der Waals surface area (Å²) < 4.78 is 5.31. The Morgan fingerprint density at radius 2 is 2.43 bits per heavy atom. The Hall–Kier alpha value is -1.46. The van der Waals surface area contributed by atoms with Crippen LogP contribution in [-0.4, -0.2) is 6.61 Å². The topological polar surface area (TPSA) is 33.0 Å². The third-order valence-electron chi connectivity index (χ3n) is 1.61. The maximum atomic E-state index is 8.43. The van der Waals surface area contributed by atoms with E-state index >= 15 is 0 Å². The second-order valence-electron chi connectivity index (χ2n) is 2.58. The van der Waals surface area contributed by atoms with E-state index in [4.69, 9.17) is 21.6 Å². The Balaban J connectivity index is 2.95. The van der Waals surface area contributed by atoms with Crippen molar-refractivity contribution in [1.82, 2.24) is 0 Å². The van der Waals surface area contributed by atoms with Gasteiger partial charge in [0.25, 0.3) is 0 Å². The molecule has 0 amide bonds. The Morgan fingerprint density at radius 1 is 1.64 bits per heavy atom. The number of hydrogen-bond donors (Lipinski definition) is 0. The van der Waals surface area contributed by atoms with Gasteiger partial charge in [-0.1, -0.05) is 23.7 Å². The van der Waals surface area contributed by atoms with Gasteiger partial charge in [-0.2, -0.15) is 5.26 Å². The minimum atomic E-state index is 0.425. The van der Waals surface area contributed by atoms with Crippen LogP contribution in [0.15, 0.2) is 30.3 Å². The monoisotopic (exact) mass is 207 g/mol. The van der Waals surface area contributed by atoms with Gasteiger partial charge in [-0.3, -0.25) is 0 Å². The summed E-state index contributed by atoms with van der Waals surface area (Å²) in [6.07, 6.45) is 1.30. The lowest BCUT2D eigenvalue weighted by atomic mass is 10.2. The van der Waals surface area contributed by atoms with Gasteiger partial charge in [0.1, 0.15) is 5.75 Å². The fraction of sp³-hybridized carbons (Fsp3) is 0.182. The standard InChI is InChI=1S/C11H10ClNO/c1-2-14-10-5-3-4-9(8-10)11(12)6-7-13/h3-6,8H,2H2,1H3. The third-order valence-corrected chi connectivity index (χ3v) is 1.94. The molecular weight excluding hydrogens is 198 g/mol. The third kappa shape index (κ3) is 2.79. The zero-order chi connectivity index (χ0) is 10.4. The average molecular weight is 208 g/mol. The number of benzene rings is 1. The van der Waals surface area contributed by atoms with E-state index in [1.54, 1.807) is 6.07 Å².